The van der Waals surface area contributed by atoms with E-state index in [0.29, 0.717) is 13.0 Å². The van der Waals surface area contributed by atoms with Crippen molar-refractivity contribution in [3.05, 3.63) is 22.4 Å². The maximum atomic E-state index is 11.4. The molecule has 1 fully saturated rings. The second-order valence-electron chi connectivity index (χ2n) is 7.79. The number of nitrogens with one attached hydrogen (secondary N) is 1. The van der Waals surface area contributed by atoms with Crippen LogP contribution in [0.5, 0.6) is 0 Å². The normalized spacial score (nSPS) is 17.5. The Morgan fingerprint density at radius 1 is 1.31 bits per heavy atom. The lowest BCUT2D eigenvalue weighted by molar-refractivity contribution is 0.172. The molecule has 26 heavy (non-hydrogen) atoms. The SMILES string of the molecule is CN=C(NCC(C)(C)CCS(C)(=O)=O)N1CCN(Cc2cccs2)CC1. The van der Waals surface area contributed by atoms with E-state index in [9.17, 15) is 8.42 Å². The molecule has 1 aliphatic heterocycles. The smallest absolute Gasteiger partial charge is 0.193 e. The summed E-state index contributed by atoms with van der Waals surface area (Å²) in [6.07, 6.45) is 1.94. The number of hydrogen-bond donors (Lipinski definition) is 1. The first-order chi connectivity index (χ1) is 12.2. The molecule has 1 aromatic heterocycles. The van der Waals surface area contributed by atoms with Crippen LogP contribution in [0.3, 0.4) is 0 Å². The van der Waals surface area contributed by atoms with Crippen LogP contribution in [-0.2, 0) is 16.4 Å². The lowest BCUT2D eigenvalue weighted by Crippen LogP contribution is -2.53. The molecule has 0 saturated carbocycles. The third-order valence-electron chi connectivity index (χ3n) is 4.72. The highest BCUT2D eigenvalue weighted by Gasteiger charge is 2.24. The molecule has 0 spiro atoms. The molecular formula is C18H32N4O2S2. The minimum Gasteiger partial charge on any atom is -0.356 e. The second kappa shape index (κ2) is 9.19. The monoisotopic (exact) mass is 400 g/mol. The van der Waals surface area contributed by atoms with E-state index in [1.165, 1.54) is 11.1 Å². The zero-order chi connectivity index (χ0) is 19.2. The van der Waals surface area contributed by atoms with Gasteiger partial charge in [0.05, 0.1) is 5.75 Å². The molecule has 1 saturated heterocycles. The van der Waals surface area contributed by atoms with Crippen molar-refractivity contribution in [1.82, 2.24) is 15.1 Å². The van der Waals surface area contributed by atoms with Gasteiger partial charge in [0.1, 0.15) is 9.84 Å². The van der Waals surface area contributed by atoms with Crippen LogP contribution in [0.2, 0.25) is 0 Å². The second-order valence-corrected chi connectivity index (χ2v) is 11.1. The largest absolute Gasteiger partial charge is 0.356 e. The Morgan fingerprint density at radius 3 is 2.54 bits per heavy atom. The van der Waals surface area contributed by atoms with Gasteiger partial charge in [0, 0.05) is 57.4 Å². The molecule has 1 aromatic rings. The van der Waals surface area contributed by atoms with E-state index < -0.39 is 9.84 Å². The number of rotatable bonds is 7. The van der Waals surface area contributed by atoms with Gasteiger partial charge in [0.2, 0.25) is 0 Å². The first-order valence-corrected chi connectivity index (χ1v) is 12.0. The van der Waals surface area contributed by atoms with Crippen LogP contribution < -0.4 is 5.32 Å². The standard InChI is InChI=1S/C18H32N4O2S2/c1-18(2,7-13-26(4,23)24)15-20-17(19-3)22-10-8-21(9-11-22)14-16-6-5-12-25-16/h5-6,12H,7-11,13-15H2,1-4H3,(H,19,20). The summed E-state index contributed by atoms with van der Waals surface area (Å²) in [7, 11) is -1.11. The molecule has 0 aliphatic carbocycles. The summed E-state index contributed by atoms with van der Waals surface area (Å²) in [5.41, 5.74) is -0.0972. The number of aliphatic imine (C=N–C) groups is 1. The van der Waals surface area contributed by atoms with Crippen molar-refractivity contribution in [2.45, 2.75) is 26.8 Å². The zero-order valence-electron chi connectivity index (χ0n) is 16.4. The summed E-state index contributed by atoms with van der Waals surface area (Å²) in [4.78, 5) is 10.6. The minimum absolute atomic E-state index is 0.0972. The Balaban J connectivity index is 1.78. The molecular weight excluding hydrogens is 368 g/mol. The highest BCUT2D eigenvalue weighted by molar-refractivity contribution is 7.90. The maximum absolute atomic E-state index is 11.4. The molecule has 0 unspecified atom stereocenters. The Hall–Kier alpha value is -1.12. The highest BCUT2D eigenvalue weighted by Crippen LogP contribution is 2.20. The fourth-order valence-electron chi connectivity index (χ4n) is 2.94. The van der Waals surface area contributed by atoms with Crippen molar-refractivity contribution in [3.8, 4) is 0 Å². The van der Waals surface area contributed by atoms with E-state index in [-0.39, 0.29) is 11.2 Å². The van der Waals surface area contributed by atoms with Gasteiger partial charge in [0.15, 0.2) is 5.96 Å². The minimum atomic E-state index is -2.92. The van der Waals surface area contributed by atoms with Crippen molar-refractivity contribution >= 4 is 27.1 Å². The molecule has 0 bridgehead atoms. The number of guanidine groups is 1. The molecule has 8 heteroatoms. The van der Waals surface area contributed by atoms with Crippen molar-refractivity contribution in [2.75, 3.05) is 51.8 Å². The Kier molecular flexibility index (Phi) is 7.49. The summed E-state index contributed by atoms with van der Waals surface area (Å²) in [6.45, 7) is 9.88. The molecule has 0 amide bonds. The van der Waals surface area contributed by atoms with Crippen LogP contribution in [0.15, 0.2) is 22.5 Å². The Labute approximate surface area is 162 Å². The zero-order valence-corrected chi connectivity index (χ0v) is 18.0. The molecule has 2 heterocycles. The van der Waals surface area contributed by atoms with E-state index >= 15 is 0 Å². The average Bonchev–Trinajstić information content (AvgIpc) is 3.07. The summed E-state index contributed by atoms with van der Waals surface area (Å²) in [5, 5.41) is 5.57. The van der Waals surface area contributed by atoms with Crippen LogP contribution in [-0.4, -0.2) is 76.0 Å². The van der Waals surface area contributed by atoms with Gasteiger partial charge >= 0.3 is 0 Å². The molecule has 6 nitrogen and oxygen atoms in total. The first-order valence-electron chi connectivity index (χ1n) is 9.07. The lowest BCUT2D eigenvalue weighted by Gasteiger charge is -2.37. The fraction of sp³-hybridized carbons (Fsp3) is 0.722. The summed E-state index contributed by atoms with van der Waals surface area (Å²) < 4.78 is 22.8. The van der Waals surface area contributed by atoms with E-state index in [1.807, 2.05) is 18.4 Å². The third-order valence-corrected chi connectivity index (χ3v) is 6.52. The van der Waals surface area contributed by atoms with E-state index in [4.69, 9.17) is 0 Å². The van der Waals surface area contributed by atoms with Gasteiger partial charge < -0.3 is 10.2 Å². The molecule has 1 N–H and O–H groups in total. The van der Waals surface area contributed by atoms with Crippen LogP contribution in [0, 0.1) is 5.41 Å². The maximum Gasteiger partial charge on any atom is 0.193 e. The van der Waals surface area contributed by atoms with Crippen molar-refractivity contribution < 1.29 is 8.42 Å². The fourth-order valence-corrected chi connectivity index (χ4v) is 4.61. The number of piperazine rings is 1. The quantitative estimate of drug-likeness (QED) is 0.559. The van der Waals surface area contributed by atoms with Crippen molar-refractivity contribution in [1.29, 1.82) is 0 Å². The summed E-state index contributed by atoms with van der Waals surface area (Å²) in [5.74, 6) is 1.13. The molecule has 148 valence electrons. The number of nitrogens with zero attached hydrogens (tertiary/aromatic N) is 3. The Bertz CT molecular complexity index is 676. The highest BCUT2D eigenvalue weighted by atomic mass is 32.2. The van der Waals surface area contributed by atoms with E-state index in [2.05, 4.69) is 51.5 Å². The topological polar surface area (TPSA) is 65.0 Å². The van der Waals surface area contributed by atoms with Gasteiger partial charge in [-0.3, -0.25) is 9.89 Å². The summed E-state index contributed by atoms with van der Waals surface area (Å²) >= 11 is 1.81. The van der Waals surface area contributed by atoms with E-state index in [1.54, 1.807) is 0 Å². The van der Waals surface area contributed by atoms with E-state index in [0.717, 1.165) is 38.7 Å². The number of hydrogen-bond acceptors (Lipinski definition) is 5. The van der Waals surface area contributed by atoms with Crippen LogP contribution in [0.25, 0.3) is 0 Å². The lowest BCUT2D eigenvalue weighted by atomic mass is 9.90. The summed E-state index contributed by atoms with van der Waals surface area (Å²) in [6, 6.07) is 4.30. The number of thiophene rings is 1. The van der Waals surface area contributed by atoms with Crippen LogP contribution in [0.1, 0.15) is 25.1 Å². The van der Waals surface area contributed by atoms with Crippen molar-refractivity contribution in [2.24, 2.45) is 10.4 Å². The third kappa shape index (κ3) is 7.25. The Morgan fingerprint density at radius 2 is 2.00 bits per heavy atom. The van der Waals surface area contributed by atoms with Gasteiger partial charge in [-0.15, -0.1) is 11.3 Å². The first kappa shape index (κ1) is 21.2. The number of sulfone groups is 1. The molecule has 2 rings (SSSR count). The van der Waals surface area contributed by atoms with Crippen LogP contribution in [0.4, 0.5) is 0 Å². The molecule has 0 radical (unpaired) electrons. The van der Waals surface area contributed by atoms with Gasteiger partial charge in [-0.05, 0) is 23.3 Å². The predicted molar refractivity (Wildman–Crippen MR) is 111 cm³/mol. The van der Waals surface area contributed by atoms with Gasteiger partial charge in [0.25, 0.3) is 0 Å². The van der Waals surface area contributed by atoms with Gasteiger partial charge in [-0.1, -0.05) is 19.9 Å². The molecule has 0 atom stereocenters. The predicted octanol–water partition coefficient (Wildman–Crippen LogP) is 1.90. The molecule has 0 aromatic carbocycles. The van der Waals surface area contributed by atoms with Crippen LogP contribution >= 0.6 is 11.3 Å². The molecule has 1 aliphatic rings. The average molecular weight is 401 g/mol. The van der Waals surface area contributed by atoms with Crippen molar-refractivity contribution in [3.63, 3.8) is 0 Å². The van der Waals surface area contributed by atoms with Gasteiger partial charge in [-0.25, -0.2) is 8.42 Å². The van der Waals surface area contributed by atoms with Gasteiger partial charge in [-0.2, -0.15) is 0 Å².